The van der Waals surface area contributed by atoms with Crippen LogP contribution in [-0.2, 0) is 25.6 Å². The normalized spacial score (nSPS) is 24.5. The molecule has 0 radical (unpaired) electrons. The van der Waals surface area contributed by atoms with Gasteiger partial charge in [0.2, 0.25) is 0 Å². The molecule has 0 aromatic rings. The van der Waals surface area contributed by atoms with Crippen molar-refractivity contribution in [2.75, 3.05) is 23.5 Å². The van der Waals surface area contributed by atoms with Crippen molar-refractivity contribution in [3.8, 4) is 0 Å². The van der Waals surface area contributed by atoms with Crippen LogP contribution < -0.4 is 5.32 Å². The maximum Gasteiger partial charge on any atom is 0.573 e. The zero-order valence-electron chi connectivity index (χ0n) is 12.7. The molecule has 2 rings (SSSR count). The molecule has 0 bridgehead atoms. The van der Waals surface area contributed by atoms with Gasteiger partial charge in [-0.1, -0.05) is 0 Å². The molecule has 0 saturated carbocycles. The molecule has 25 heavy (non-hydrogen) atoms. The number of nitrogens with one attached hydrogen (secondary N) is 1. The number of aliphatic carboxylic acids is 1. The maximum absolute atomic E-state index is 12.2. The van der Waals surface area contributed by atoms with Crippen LogP contribution in [0, 0.1) is 0 Å². The second-order valence-electron chi connectivity index (χ2n) is 5.08. The minimum Gasteiger partial charge on any atom is -0.609 e. The Hall–Kier alpha value is -1.05. The lowest BCUT2D eigenvalue weighted by Gasteiger charge is -2.49. The number of carbonyl (C=O) groups is 3. The number of thioether (sulfide) groups is 2. The molecule has 2 amide bonds. The van der Waals surface area contributed by atoms with Crippen LogP contribution >= 0.6 is 23.5 Å². The summed E-state index contributed by atoms with van der Waals surface area (Å²) in [4.78, 5) is 36.2. The average Bonchev–Trinajstić information content (AvgIpc) is 2.51. The highest BCUT2D eigenvalue weighted by Gasteiger charge is 2.54. The van der Waals surface area contributed by atoms with Crippen molar-refractivity contribution >= 4 is 52.5 Å². The van der Waals surface area contributed by atoms with Crippen LogP contribution in [0.25, 0.3) is 0 Å². The highest BCUT2D eigenvalue weighted by Crippen LogP contribution is 2.40. The fourth-order valence-corrected chi connectivity index (χ4v) is 4.93. The summed E-state index contributed by atoms with van der Waals surface area (Å²) in [5, 5.41) is 10.7. The van der Waals surface area contributed by atoms with E-state index in [-0.39, 0.29) is 5.70 Å². The molecule has 0 aromatic heterocycles. The molecule has 2 heterocycles. The second kappa shape index (κ2) is 7.68. The first kappa shape index (κ1) is 20.3. The number of hydrogen-bond acceptors (Lipinski definition) is 6. The number of halogens is 3. The fourth-order valence-electron chi connectivity index (χ4n) is 2.38. The predicted octanol–water partition coefficient (Wildman–Crippen LogP) is 0.356. The van der Waals surface area contributed by atoms with Gasteiger partial charge >= 0.3 is 11.5 Å². The maximum atomic E-state index is 12.2. The van der Waals surface area contributed by atoms with Gasteiger partial charge in [-0.3, -0.25) is 14.5 Å². The van der Waals surface area contributed by atoms with Gasteiger partial charge < -0.3 is 15.0 Å². The monoisotopic (exact) mass is 418 g/mol. The molecule has 140 valence electrons. The van der Waals surface area contributed by atoms with Crippen molar-refractivity contribution < 1.29 is 37.2 Å². The summed E-state index contributed by atoms with van der Waals surface area (Å²) in [6.45, 7) is 0. The molecule has 7 nitrogen and oxygen atoms in total. The van der Waals surface area contributed by atoms with E-state index in [2.05, 4.69) is 5.32 Å². The molecule has 2 N–H and O–H groups in total. The number of rotatable bonds is 6. The van der Waals surface area contributed by atoms with E-state index in [1.807, 2.05) is 0 Å². The molecule has 0 aliphatic carbocycles. The fraction of sp³-hybridized carbons (Fsp3) is 0.583. The van der Waals surface area contributed by atoms with Gasteiger partial charge in [0.05, 0.1) is 11.2 Å². The summed E-state index contributed by atoms with van der Waals surface area (Å²) >= 11 is -0.741. The summed E-state index contributed by atoms with van der Waals surface area (Å²) in [6.07, 6.45) is 1.78. The Morgan fingerprint density at radius 3 is 2.68 bits per heavy atom. The molecular formula is C12H13F3N2O5S3. The first-order chi connectivity index (χ1) is 11.6. The van der Waals surface area contributed by atoms with Crippen LogP contribution in [0.1, 0.15) is 0 Å². The van der Waals surface area contributed by atoms with Crippen molar-refractivity contribution in [2.24, 2.45) is 0 Å². The Labute approximate surface area is 151 Å². The van der Waals surface area contributed by atoms with Crippen LogP contribution in [0.2, 0.25) is 0 Å². The highest BCUT2D eigenvalue weighted by atomic mass is 32.2. The van der Waals surface area contributed by atoms with Crippen LogP contribution in [0.15, 0.2) is 11.3 Å². The van der Waals surface area contributed by atoms with Gasteiger partial charge in [0, 0.05) is 11.5 Å². The van der Waals surface area contributed by atoms with Crippen LogP contribution in [0.3, 0.4) is 0 Å². The van der Waals surface area contributed by atoms with Crippen molar-refractivity contribution in [1.29, 1.82) is 0 Å². The number of β-lactam (4-membered cyclic amide) rings is 1. The van der Waals surface area contributed by atoms with Crippen molar-refractivity contribution in [3.63, 3.8) is 0 Å². The summed E-state index contributed by atoms with van der Waals surface area (Å²) < 4.78 is 47.6. The van der Waals surface area contributed by atoms with Crippen molar-refractivity contribution in [1.82, 2.24) is 10.2 Å². The zero-order chi connectivity index (χ0) is 18.9. The first-order valence-electron chi connectivity index (χ1n) is 6.71. The number of fused-ring (bicyclic) bond motifs is 1. The Morgan fingerprint density at radius 2 is 2.16 bits per heavy atom. The Morgan fingerprint density at radius 1 is 1.52 bits per heavy atom. The van der Waals surface area contributed by atoms with Gasteiger partial charge in [0.15, 0.2) is 5.75 Å². The number of carbonyl (C=O) groups excluding carboxylic acids is 2. The number of nitrogens with zero attached hydrogens (tertiary/aromatic N) is 1. The quantitative estimate of drug-likeness (QED) is 0.473. The number of carboxylic acids is 1. The average molecular weight is 418 g/mol. The minimum atomic E-state index is -5.02. The SMILES string of the molecule is CSCC1=C(C(=O)O)N2C(=O)C(NC(=O)C[S+]([O-])C(F)(F)F)[C@@H]2SC1. The zero-order valence-corrected chi connectivity index (χ0v) is 15.1. The van der Waals surface area contributed by atoms with Gasteiger partial charge in [-0.2, -0.15) is 11.8 Å². The third kappa shape index (κ3) is 4.20. The van der Waals surface area contributed by atoms with E-state index >= 15 is 0 Å². The van der Waals surface area contributed by atoms with E-state index in [0.717, 1.165) is 4.90 Å². The third-order valence-corrected chi connectivity index (χ3v) is 6.42. The van der Waals surface area contributed by atoms with Gasteiger partial charge in [-0.25, -0.2) is 4.79 Å². The van der Waals surface area contributed by atoms with E-state index in [1.54, 1.807) is 6.26 Å². The van der Waals surface area contributed by atoms with Crippen molar-refractivity contribution in [3.05, 3.63) is 11.3 Å². The number of hydrogen-bond donors (Lipinski definition) is 2. The van der Waals surface area contributed by atoms with Crippen LogP contribution in [0.4, 0.5) is 13.2 Å². The molecule has 1 saturated heterocycles. The van der Waals surface area contributed by atoms with E-state index in [0.29, 0.717) is 17.1 Å². The van der Waals surface area contributed by atoms with Crippen LogP contribution in [0.5, 0.6) is 0 Å². The predicted molar refractivity (Wildman–Crippen MR) is 87.1 cm³/mol. The topological polar surface area (TPSA) is 110 Å². The van der Waals surface area contributed by atoms with Crippen LogP contribution in [-0.4, -0.2) is 72.8 Å². The number of amides is 2. The van der Waals surface area contributed by atoms with E-state index in [4.69, 9.17) is 0 Å². The lowest BCUT2D eigenvalue weighted by Crippen LogP contribution is -2.71. The standard InChI is InChI=1S/C12H13F3N2O5S3/c1-23-2-5-3-24-10-7(9(19)17(10)8(5)11(20)21)16-6(18)4-25(22)12(13,14)15/h7,10H,2-4H2,1H3,(H,16,18)(H,20,21)/t7?,10-,25?/m0/s1. The third-order valence-electron chi connectivity index (χ3n) is 3.41. The van der Waals surface area contributed by atoms with Gasteiger partial charge in [-0.05, 0) is 11.8 Å². The second-order valence-corrected chi connectivity index (χ2v) is 8.49. The lowest BCUT2D eigenvalue weighted by atomic mass is 10.0. The number of alkyl halides is 3. The highest BCUT2D eigenvalue weighted by molar-refractivity contribution is 8.00. The number of carboxylic acid groups (broad SMARTS) is 1. The summed E-state index contributed by atoms with van der Waals surface area (Å²) in [7, 11) is 0. The van der Waals surface area contributed by atoms with Gasteiger partial charge in [-0.15, -0.1) is 24.9 Å². The van der Waals surface area contributed by atoms with Gasteiger partial charge in [0.1, 0.15) is 17.1 Å². The Bertz CT molecular complexity index is 628. The summed E-state index contributed by atoms with van der Waals surface area (Å²) in [6, 6.07) is -1.13. The van der Waals surface area contributed by atoms with E-state index in [1.165, 1.54) is 23.5 Å². The van der Waals surface area contributed by atoms with E-state index < -0.39 is 51.6 Å². The molecule has 3 atom stereocenters. The molecular weight excluding hydrogens is 405 g/mol. The molecule has 2 aliphatic heterocycles. The molecule has 0 aromatic carbocycles. The largest absolute Gasteiger partial charge is 0.609 e. The summed E-state index contributed by atoms with van der Waals surface area (Å²) in [5.74, 6) is -3.70. The lowest BCUT2D eigenvalue weighted by molar-refractivity contribution is -0.150. The smallest absolute Gasteiger partial charge is 0.573 e. The minimum absolute atomic E-state index is 0.146. The Balaban J connectivity index is 2.06. The van der Waals surface area contributed by atoms with Crippen molar-refractivity contribution in [2.45, 2.75) is 16.9 Å². The molecule has 2 aliphatic rings. The molecule has 1 fully saturated rings. The van der Waals surface area contributed by atoms with Gasteiger partial charge in [0.25, 0.3) is 11.8 Å². The first-order valence-corrected chi connectivity index (χ1v) is 10.5. The molecule has 2 unspecified atom stereocenters. The molecule has 0 spiro atoms. The molecule has 13 heteroatoms. The Kier molecular flexibility index (Phi) is 6.22. The summed E-state index contributed by atoms with van der Waals surface area (Å²) in [5.41, 5.74) is -4.59. The van der Waals surface area contributed by atoms with E-state index in [9.17, 15) is 37.2 Å².